The van der Waals surface area contributed by atoms with Crippen molar-refractivity contribution >= 4 is 11.9 Å². The Kier molecular flexibility index (Phi) is 7.67. The van der Waals surface area contributed by atoms with Gasteiger partial charge in [0.05, 0.1) is 13.2 Å². The highest BCUT2D eigenvalue weighted by Crippen LogP contribution is 2.42. The minimum Gasteiger partial charge on any atom is -0.464 e. The number of esters is 2. The summed E-state index contributed by atoms with van der Waals surface area (Å²) in [4.78, 5) is 24.7. The van der Waals surface area contributed by atoms with Crippen molar-refractivity contribution < 1.29 is 28.5 Å². The molecular formula is C18H32O6. The van der Waals surface area contributed by atoms with Gasteiger partial charge in [0, 0.05) is 5.41 Å². The average Bonchev–Trinajstić information content (AvgIpc) is 2.87. The van der Waals surface area contributed by atoms with Crippen molar-refractivity contribution in [2.45, 2.75) is 85.2 Å². The number of ether oxygens (including phenoxy) is 4. The van der Waals surface area contributed by atoms with E-state index in [1.54, 1.807) is 6.92 Å². The molecule has 0 unspecified atom stereocenters. The van der Waals surface area contributed by atoms with Crippen LogP contribution in [0.2, 0.25) is 0 Å². The topological polar surface area (TPSA) is 71.1 Å². The molecule has 0 aliphatic carbocycles. The molecule has 1 heterocycles. The van der Waals surface area contributed by atoms with Crippen LogP contribution in [-0.4, -0.2) is 43.1 Å². The van der Waals surface area contributed by atoms with Gasteiger partial charge in [-0.1, -0.05) is 47.5 Å². The van der Waals surface area contributed by atoms with Gasteiger partial charge in [0.15, 0.2) is 18.0 Å². The highest BCUT2D eigenvalue weighted by atomic mass is 16.8. The van der Waals surface area contributed by atoms with Crippen LogP contribution >= 0.6 is 0 Å². The SMILES string of the molecule is CCCCOC(=O)[C@H]1OC(C)(C(C)(C)C)O[C@@H]1C(=O)OCCCC. The average molecular weight is 344 g/mol. The van der Waals surface area contributed by atoms with E-state index >= 15 is 0 Å². The van der Waals surface area contributed by atoms with E-state index in [0.717, 1.165) is 25.7 Å². The van der Waals surface area contributed by atoms with Crippen molar-refractivity contribution in [1.82, 2.24) is 0 Å². The first kappa shape index (κ1) is 20.9. The van der Waals surface area contributed by atoms with E-state index in [9.17, 15) is 9.59 Å². The third kappa shape index (κ3) is 5.18. The van der Waals surface area contributed by atoms with Gasteiger partial charge in [-0.05, 0) is 19.8 Å². The van der Waals surface area contributed by atoms with E-state index < -0.39 is 35.3 Å². The fourth-order valence-corrected chi connectivity index (χ4v) is 2.13. The van der Waals surface area contributed by atoms with Gasteiger partial charge in [-0.3, -0.25) is 0 Å². The van der Waals surface area contributed by atoms with Gasteiger partial charge < -0.3 is 18.9 Å². The van der Waals surface area contributed by atoms with Crippen LogP contribution in [0.3, 0.4) is 0 Å². The summed E-state index contributed by atoms with van der Waals surface area (Å²) < 4.78 is 22.2. The van der Waals surface area contributed by atoms with E-state index in [0.29, 0.717) is 13.2 Å². The van der Waals surface area contributed by atoms with Crippen LogP contribution in [0.15, 0.2) is 0 Å². The molecule has 140 valence electrons. The van der Waals surface area contributed by atoms with Crippen LogP contribution in [0.5, 0.6) is 0 Å². The number of hydrogen-bond donors (Lipinski definition) is 0. The Labute approximate surface area is 145 Å². The Hall–Kier alpha value is -1.14. The molecule has 0 aromatic carbocycles. The van der Waals surface area contributed by atoms with Crippen molar-refractivity contribution in [1.29, 1.82) is 0 Å². The number of carbonyl (C=O) groups is 2. The van der Waals surface area contributed by atoms with Crippen LogP contribution < -0.4 is 0 Å². The van der Waals surface area contributed by atoms with Crippen molar-refractivity contribution in [2.24, 2.45) is 5.41 Å². The second kappa shape index (κ2) is 8.81. The predicted molar refractivity (Wildman–Crippen MR) is 89.3 cm³/mol. The first-order valence-electron chi connectivity index (χ1n) is 8.85. The van der Waals surface area contributed by atoms with Crippen molar-refractivity contribution in [2.75, 3.05) is 13.2 Å². The van der Waals surface area contributed by atoms with Gasteiger partial charge in [0.25, 0.3) is 0 Å². The summed E-state index contributed by atoms with van der Waals surface area (Å²) in [7, 11) is 0. The minimum atomic E-state index is -1.10. The molecule has 6 heteroatoms. The molecule has 0 spiro atoms. The van der Waals surface area contributed by atoms with Crippen molar-refractivity contribution in [3.8, 4) is 0 Å². The van der Waals surface area contributed by atoms with Crippen molar-refractivity contribution in [3.63, 3.8) is 0 Å². The zero-order valence-corrected chi connectivity index (χ0v) is 15.8. The first-order valence-corrected chi connectivity index (χ1v) is 8.85. The Morgan fingerprint density at radius 3 is 1.58 bits per heavy atom. The number of rotatable bonds is 8. The lowest BCUT2D eigenvalue weighted by Gasteiger charge is -2.36. The van der Waals surface area contributed by atoms with E-state index in [4.69, 9.17) is 18.9 Å². The summed E-state index contributed by atoms with van der Waals surface area (Å²) in [6.07, 6.45) is 1.17. The van der Waals surface area contributed by atoms with Gasteiger partial charge in [0.1, 0.15) is 0 Å². The number of carbonyl (C=O) groups excluding carboxylic acids is 2. The normalized spacial score (nSPS) is 23.1. The highest BCUT2D eigenvalue weighted by Gasteiger charge is 2.57. The minimum absolute atomic E-state index is 0.305. The molecule has 1 saturated heterocycles. The van der Waals surface area contributed by atoms with Crippen LogP contribution in [0.25, 0.3) is 0 Å². The maximum absolute atomic E-state index is 12.3. The summed E-state index contributed by atoms with van der Waals surface area (Å²) in [6, 6.07) is 0. The molecule has 0 amide bonds. The third-order valence-corrected chi connectivity index (χ3v) is 4.29. The lowest BCUT2D eigenvalue weighted by molar-refractivity contribution is -0.228. The van der Waals surface area contributed by atoms with Crippen LogP contribution in [0, 0.1) is 5.41 Å². The standard InChI is InChI=1S/C18H32O6/c1-7-9-11-21-15(19)13-14(16(20)22-12-10-8-2)24-18(6,23-13)17(3,4)5/h13-14H,7-12H2,1-6H3/t13-,14-/m0/s1. The summed E-state index contributed by atoms with van der Waals surface area (Å²) in [5, 5.41) is 0. The molecular weight excluding hydrogens is 312 g/mol. The smallest absolute Gasteiger partial charge is 0.338 e. The lowest BCUT2D eigenvalue weighted by Crippen LogP contribution is -2.42. The molecule has 1 fully saturated rings. The predicted octanol–water partition coefficient (Wildman–Crippen LogP) is 3.22. The van der Waals surface area contributed by atoms with Gasteiger partial charge in [0.2, 0.25) is 0 Å². The molecule has 0 aromatic heterocycles. The molecule has 1 aliphatic heterocycles. The molecule has 0 radical (unpaired) electrons. The summed E-state index contributed by atoms with van der Waals surface area (Å²) in [6.45, 7) is 12.1. The molecule has 0 bridgehead atoms. The second-order valence-corrected chi connectivity index (χ2v) is 7.31. The fraction of sp³-hybridized carbons (Fsp3) is 0.889. The quantitative estimate of drug-likeness (QED) is 0.497. The maximum Gasteiger partial charge on any atom is 0.338 e. The van der Waals surface area contributed by atoms with E-state index in [2.05, 4.69) is 0 Å². The van der Waals surface area contributed by atoms with Gasteiger partial charge in [-0.15, -0.1) is 0 Å². The molecule has 6 nitrogen and oxygen atoms in total. The number of unbranched alkanes of at least 4 members (excludes halogenated alkanes) is 2. The number of hydrogen-bond acceptors (Lipinski definition) is 6. The van der Waals surface area contributed by atoms with Crippen LogP contribution in [0.4, 0.5) is 0 Å². The van der Waals surface area contributed by atoms with Crippen LogP contribution in [-0.2, 0) is 28.5 Å². The zero-order valence-electron chi connectivity index (χ0n) is 15.8. The molecule has 24 heavy (non-hydrogen) atoms. The largest absolute Gasteiger partial charge is 0.464 e. The van der Waals surface area contributed by atoms with E-state index in [-0.39, 0.29) is 0 Å². The van der Waals surface area contributed by atoms with E-state index in [1.165, 1.54) is 0 Å². The molecule has 1 rings (SSSR count). The Morgan fingerprint density at radius 1 is 0.917 bits per heavy atom. The zero-order chi connectivity index (χ0) is 18.4. The maximum atomic E-state index is 12.3. The Bertz CT molecular complexity index is 396. The summed E-state index contributed by atoms with van der Waals surface area (Å²) >= 11 is 0. The molecule has 0 aromatic rings. The van der Waals surface area contributed by atoms with Gasteiger partial charge >= 0.3 is 11.9 Å². The van der Waals surface area contributed by atoms with E-state index in [1.807, 2.05) is 34.6 Å². The summed E-state index contributed by atoms with van der Waals surface area (Å²) in [5.74, 6) is -2.22. The fourth-order valence-electron chi connectivity index (χ4n) is 2.13. The molecule has 2 atom stereocenters. The van der Waals surface area contributed by atoms with Crippen molar-refractivity contribution in [3.05, 3.63) is 0 Å². The van der Waals surface area contributed by atoms with Crippen LogP contribution in [0.1, 0.15) is 67.2 Å². The van der Waals surface area contributed by atoms with Gasteiger partial charge in [-0.25, -0.2) is 9.59 Å². The first-order chi connectivity index (χ1) is 11.2. The molecule has 0 saturated carbocycles. The highest BCUT2D eigenvalue weighted by molar-refractivity contribution is 5.86. The third-order valence-electron chi connectivity index (χ3n) is 4.29. The lowest BCUT2D eigenvalue weighted by atomic mass is 9.87. The Balaban J connectivity index is 2.85. The Morgan fingerprint density at radius 2 is 1.29 bits per heavy atom. The van der Waals surface area contributed by atoms with Gasteiger partial charge in [-0.2, -0.15) is 0 Å². The monoisotopic (exact) mass is 344 g/mol. The molecule has 0 N–H and O–H groups in total. The summed E-state index contributed by atoms with van der Waals surface area (Å²) in [5.41, 5.74) is -0.423. The molecule has 1 aliphatic rings. The second-order valence-electron chi connectivity index (χ2n) is 7.31.